The highest BCUT2D eigenvalue weighted by Gasteiger charge is 2.26. The molecule has 0 amide bonds. The van der Waals surface area contributed by atoms with Gasteiger partial charge in [0.05, 0.1) is 6.20 Å². The van der Waals surface area contributed by atoms with E-state index in [1.54, 1.807) is 0 Å². The molecule has 1 aromatic heterocycles. The lowest BCUT2D eigenvalue weighted by Gasteiger charge is -2.35. The van der Waals surface area contributed by atoms with Crippen molar-refractivity contribution in [1.29, 1.82) is 0 Å². The highest BCUT2D eigenvalue weighted by molar-refractivity contribution is 5.66. The van der Waals surface area contributed by atoms with Crippen LogP contribution in [0.5, 0.6) is 0 Å². The molecule has 4 heteroatoms. The van der Waals surface area contributed by atoms with Crippen molar-refractivity contribution in [2.24, 2.45) is 0 Å². The van der Waals surface area contributed by atoms with Gasteiger partial charge in [-0.15, -0.1) is 0 Å². The van der Waals surface area contributed by atoms with Crippen LogP contribution < -0.4 is 10.6 Å². The van der Waals surface area contributed by atoms with Crippen LogP contribution in [-0.4, -0.2) is 11.5 Å². The van der Waals surface area contributed by atoms with Crippen molar-refractivity contribution in [2.45, 2.75) is 25.8 Å². The molecule has 4 rings (SSSR count). The van der Waals surface area contributed by atoms with E-state index in [4.69, 9.17) is 10.2 Å². The van der Waals surface area contributed by atoms with Crippen molar-refractivity contribution in [3.8, 4) is 11.3 Å². The van der Waals surface area contributed by atoms with Gasteiger partial charge in [0, 0.05) is 23.5 Å². The third kappa shape index (κ3) is 2.54. The lowest BCUT2D eigenvalue weighted by Crippen LogP contribution is -2.32. The first kappa shape index (κ1) is 14.8. The lowest BCUT2D eigenvalue weighted by atomic mass is 9.98. The topological polar surface area (TPSA) is 55.3 Å². The van der Waals surface area contributed by atoms with Crippen molar-refractivity contribution in [3.63, 3.8) is 0 Å². The number of nitrogen functional groups attached to an aromatic ring is 1. The predicted octanol–water partition coefficient (Wildman–Crippen LogP) is 4.44. The summed E-state index contributed by atoms with van der Waals surface area (Å²) in [5.74, 6) is 1.55. The molecule has 122 valence electrons. The molecule has 1 aliphatic heterocycles. The number of nitrogens with two attached hydrogens (primary N) is 1. The third-order valence-electron chi connectivity index (χ3n) is 4.73. The molecule has 0 aliphatic carbocycles. The fourth-order valence-electron chi connectivity index (χ4n) is 3.43. The summed E-state index contributed by atoms with van der Waals surface area (Å²) < 4.78 is 6.05. The smallest absolute Gasteiger partial charge is 0.217 e. The van der Waals surface area contributed by atoms with Gasteiger partial charge in [0.15, 0.2) is 5.76 Å². The zero-order valence-electron chi connectivity index (χ0n) is 13.8. The van der Waals surface area contributed by atoms with E-state index in [9.17, 15) is 0 Å². The van der Waals surface area contributed by atoms with Gasteiger partial charge in [-0.05, 0) is 37.5 Å². The number of rotatable bonds is 3. The zero-order valence-corrected chi connectivity index (χ0v) is 13.8. The minimum absolute atomic E-state index is 0.0725. The average molecular weight is 319 g/mol. The fourth-order valence-corrected chi connectivity index (χ4v) is 3.43. The minimum Gasteiger partial charge on any atom is -0.438 e. The highest BCUT2D eigenvalue weighted by atomic mass is 16.4. The molecule has 24 heavy (non-hydrogen) atoms. The van der Waals surface area contributed by atoms with Gasteiger partial charge in [-0.25, -0.2) is 4.98 Å². The summed E-state index contributed by atoms with van der Waals surface area (Å²) in [7, 11) is 0. The van der Waals surface area contributed by atoms with E-state index < -0.39 is 0 Å². The molecule has 2 aromatic carbocycles. The number of nitrogens with zero attached hydrogens (tertiary/aromatic N) is 2. The number of hydrogen-bond donors (Lipinski definition) is 1. The van der Waals surface area contributed by atoms with Crippen LogP contribution in [0, 0.1) is 0 Å². The number of anilines is 2. The Balaban J connectivity index is 1.65. The SMILES string of the molecule is CC(c1ncc(-c2ccccc2)o1)N1CCCc2c(N)cccc21. The molecule has 1 aliphatic rings. The largest absolute Gasteiger partial charge is 0.438 e. The number of benzene rings is 2. The second-order valence-corrected chi connectivity index (χ2v) is 6.25. The number of hydrogen-bond acceptors (Lipinski definition) is 4. The lowest BCUT2D eigenvalue weighted by molar-refractivity contribution is 0.449. The van der Waals surface area contributed by atoms with E-state index in [0.717, 1.165) is 42.3 Å². The first-order chi connectivity index (χ1) is 11.7. The van der Waals surface area contributed by atoms with E-state index in [2.05, 4.69) is 22.9 Å². The molecule has 3 aromatic rings. The summed E-state index contributed by atoms with van der Waals surface area (Å²) in [5.41, 5.74) is 10.5. The Bertz CT molecular complexity index is 841. The Morgan fingerprint density at radius 3 is 2.79 bits per heavy atom. The number of oxazole rings is 1. The van der Waals surface area contributed by atoms with Crippen molar-refractivity contribution >= 4 is 11.4 Å². The van der Waals surface area contributed by atoms with Gasteiger partial charge in [0.2, 0.25) is 5.89 Å². The summed E-state index contributed by atoms with van der Waals surface area (Å²) in [6.45, 7) is 3.12. The molecular formula is C20H21N3O. The summed E-state index contributed by atoms with van der Waals surface area (Å²) >= 11 is 0. The first-order valence-corrected chi connectivity index (χ1v) is 8.39. The van der Waals surface area contributed by atoms with E-state index in [0.29, 0.717) is 0 Å². The van der Waals surface area contributed by atoms with Crippen LogP contribution in [0.1, 0.15) is 30.8 Å². The van der Waals surface area contributed by atoms with Gasteiger partial charge in [-0.3, -0.25) is 0 Å². The summed E-state index contributed by atoms with van der Waals surface area (Å²) in [5, 5.41) is 0. The number of fused-ring (bicyclic) bond motifs is 1. The molecule has 0 bridgehead atoms. The molecule has 2 heterocycles. The second-order valence-electron chi connectivity index (χ2n) is 6.25. The molecule has 1 unspecified atom stereocenters. The van der Waals surface area contributed by atoms with Gasteiger partial charge >= 0.3 is 0 Å². The third-order valence-corrected chi connectivity index (χ3v) is 4.73. The summed E-state index contributed by atoms with van der Waals surface area (Å²) in [6.07, 6.45) is 3.94. The van der Waals surface area contributed by atoms with Gasteiger partial charge in [0.25, 0.3) is 0 Å². The Morgan fingerprint density at radius 1 is 1.12 bits per heavy atom. The maximum absolute atomic E-state index is 6.16. The molecular weight excluding hydrogens is 298 g/mol. The van der Waals surface area contributed by atoms with Crippen LogP contribution >= 0.6 is 0 Å². The molecule has 0 saturated carbocycles. The Morgan fingerprint density at radius 2 is 1.96 bits per heavy atom. The molecule has 2 N–H and O–H groups in total. The Labute approximate surface area is 141 Å². The van der Waals surface area contributed by atoms with Crippen LogP contribution in [0.15, 0.2) is 59.1 Å². The van der Waals surface area contributed by atoms with Crippen molar-refractivity contribution in [1.82, 2.24) is 4.98 Å². The Hall–Kier alpha value is -2.75. The summed E-state index contributed by atoms with van der Waals surface area (Å²) in [4.78, 5) is 6.87. The minimum atomic E-state index is 0.0725. The molecule has 4 nitrogen and oxygen atoms in total. The van der Waals surface area contributed by atoms with E-state index >= 15 is 0 Å². The predicted molar refractivity (Wildman–Crippen MR) is 96.9 cm³/mol. The highest BCUT2D eigenvalue weighted by Crippen LogP contribution is 2.37. The van der Waals surface area contributed by atoms with Gasteiger partial charge in [0.1, 0.15) is 6.04 Å². The quantitative estimate of drug-likeness (QED) is 0.725. The second kappa shape index (κ2) is 6.04. The van der Waals surface area contributed by atoms with Crippen LogP contribution in [0.25, 0.3) is 11.3 Å². The van der Waals surface area contributed by atoms with Crippen LogP contribution in [0.2, 0.25) is 0 Å². The van der Waals surface area contributed by atoms with Crippen molar-refractivity contribution in [2.75, 3.05) is 17.2 Å². The zero-order chi connectivity index (χ0) is 16.5. The normalized spacial score (nSPS) is 15.1. The maximum Gasteiger partial charge on any atom is 0.217 e. The van der Waals surface area contributed by atoms with Crippen LogP contribution in [0.4, 0.5) is 11.4 Å². The van der Waals surface area contributed by atoms with E-state index in [1.165, 1.54) is 11.3 Å². The molecule has 0 saturated heterocycles. The first-order valence-electron chi connectivity index (χ1n) is 8.39. The molecule has 0 fully saturated rings. The standard InChI is InChI=1S/C20H21N3O/c1-14(20-22-13-19(24-20)15-7-3-2-4-8-15)23-12-6-9-16-17(21)10-5-11-18(16)23/h2-5,7-8,10-11,13-14H,6,9,12,21H2,1H3. The van der Waals surface area contributed by atoms with Crippen molar-refractivity contribution < 1.29 is 4.42 Å². The van der Waals surface area contributed by atoms with Gasteiger partial charge in [-0.2, -0.15) is 0 Å². The van der Waals surface area contributed by atoms with Gasteiger partial charge < -0.3 is 15.1 Å². The van der Waals surface area contributed by atoms with Gasteiger partial charge in [-0.1, -0.05) is 36.4 Å². The van der Waals surface area contributed by atoms with E-state index in [-0.39, 0.29) is 6.04 Å². The summed E-state index contributed by atoms with van der Waals surface area (Å²) in [6, 6.07) is 16.3. The monoisotopic (exact) mass is 319 g/mol. The maximum atomic E-state index is 6.16. The molecule has 0 radical (unpaired) electrons. The molecule has 0 spiro atoms. The fraction of sp³-hybridized carbons (Fsp3) is 0.250. The molecule has 1 atom stereocenters. The average Bonchev–Trinajstić information content (AvgIpc) is 3.12. The number of aromatic nitrogens is 1. The van der Waals surface area contributed by atoms with E-state index in [1.807, 2.05) is 48.7 Å². The Kier molecular flexibility index (Phi) is 3.73. The van der Waals surface area contributed by atoms with Crippen molar-refractivity contribution in [3.05, 3.63) is 66.2 Å². The van der Waals surface area contributed by atoms with Crippen LogP contribution in [0.3, 0.4) is 0 Å². The van der Waals surface area contributed by atoms with Crippen LogP contribution in [-0.2, 0) is 6.42 Å².